The number of hydrogen-bond donors (Lipinski definition) is 1. The van der Waals surface area contributed by atoms with Crippen molar-refractivity contribution in [1.29, 1.82) is 0 Å². The number of nitrogens with zero attached hydrogens (tertiary/aromatic N) is 1. The van der Waals surface area contributed by atoms with Crippen LogP contribution in [0.2, 0.25) is 0 Å². The molecule has 0 saturated carbocycles. The zero-order chi connectivity index (χ0) is 22.1. The van der Waals surface area contributed by atoms with Crippen LogP contribution in [-0.4, -0.2) is 53.3 Å². The lowest BCUT2D eigenvalue weighted by Crippen LogP contribution is -2.52. The van der Waals surface area contributed by atoms with E-state index in [0.29, 0.717) is 25.1 Å². The fourth-order valence-corrected chi connectivity index (χ4v) is 4.15. The van der Waals surface area contributed by atoms with Crippen LogP contribution in [-0.2, 0) is 27.4 Å². The summed E-state index contributed by atoms with van der Waals surface area (Å²) in [4.78, 5) is 39.7. The molecule has 2 amide bonds. The maximum Gasteiger partial charge on any atom is 0.410 e. The van der Waals surface area contributed by atoms with Gasteiger partial charge in [0.2, 0.25) is 5.91 Å². The number of carbonyl (C=O) groups excluding carboxylic acids is 3. The number of Topliss-reactive ketones (excluding diaryl/α,β-unsaturated/α-hetero) is 1. The van der Waals surface area contributed by atoms with E-state index in [4.69, 9.17) is 4.74 Å². The first-order chi connectivity index (χ1) is 15.1. The number of thioether (sulfide) groups is 1. The number of carbonyl (C=O) groups is 3. The zero-order valence-corrected chi connectivity index (χ0v) is 18.5. The summed E-state index contributed by atoms with van der Waals surface area (Å²) in [7, 11) is 0. The van der Waals surface area contributed by atoms with E-state index >= 15 is 0 Å². The van der Waals surface area contributed by atoms with Gasteiger partial charge in [-0.05, 0) is 36.6 Å². The summed E-state index contributed by atoms with van der Waals surface area (Å²) < 4.78 is 5.42. The van der Waals surface area contributed by atoms with Gasteiger partial charge in [0, 0.05) is 6.54 Å². The topological polar surface area (TPSA) is 75.7 Å². The highest BCUT2D eigenvalue weighted by Gasteiger charge is 2.36. The van der Waals surface area contributed by atoms with Crippen LogP contribution >= 0.6 is 11.8 Å². The minimum atomic E-state index is -0.622. The summed E-state index contributed by atoms with van der Waals surface area (Å²) in [5.41, 5.74) is 1.87. The van der Waals surface area contributed by atoms with Gasteiger partial charge in [-0.25, -0.2) is 4.79 Å². The summed E-state index contributed by atoms with van der Waals surface area (Å²) >= 11 is 1.43. The molecule has 0 radical (unpaired) electrons. The van der Waals surface area contributed by atoms with Gasteiger partial charge in [0.25, 0.3) is 0 Å². The molecule has 2 atom stereocenters. The first-order valence-corrected chi connectivity index (χ1v) is 11.8. The number of nitrogens with one attached hydrogen (secondary N) is 1. The van der Waals surface area contributed by atoms with Crippen molar-refractivity contribution in [1.82, 2.24) is 10.2 Å². The average Bonchev–Trinajstić information content (AvgIpc) is 3.29. The molecular formula is C24H28N2O4S. The van der Waals surface area contributed by atoms with E-state index in [0.717, 1.165) is 17.5 Å². The standard InChI is InChI=1S/C24H28N2O4S/c1-31-17-22(27)20(15-18-9-4-2-5-10-18)25-23(28)21-13-8-14-26(21)24(29)30-16-19-11-6-3-7-12-19/h2-7,9-12,20-21H,8,13-17H2,1H3,(H,25,28)/t20-,21-/m0/s1. The molecule has 1 saturated heterocycles. The van der Waals surface area contributed by atoms with Crippen molar-refractivity contribution in [3.8, 4) is 0 Å². The fourth-order valence-electron chi connectivity index (χ4n) is 3.67. The smallest absolute Gasteiger partial charge is 0.410 e. The molecule has 1 N–H and O–H groups in total. The maximum absolute atomic E-state index is 13.0. The van der Waals surface area contributed by atoms with Gasteiger partial charge in [-0.15, -0.1) is 0 Å². The quantitative estimate of drug-likeness (QED) is 0.646. The summed E-state index contributed by atoms with van der Waals surface area (Å²) in [6.45, 7) is 0.626. The number of benzene rings is 2. The van der Waals surface area contributed by atoms with Crippen LogP contribution < -0.4 is 5.32 Å². The Morgan fingerprint density at radius 2 is 1.71 bits per heavy atom. The first kappa shape index (κ1) is 22.9. The average molecular weight is 441 g/mol. The van der Waals surface area contributed by atoms with Gasteiger partial charge < -0.3 is 10.1 Å². The molecule has 1 aliphatic heterocycles. The van der Waals surface area contributed by atoms with Crippen LogP contribution in [0.1, 0.15) is 24.0 Å². The molecule has 0 bridgehead atoms. The van der Waals surface area contributed by atoms with Crippen molar-refractivity contribution >= 4 is 29.5 Å². The lowest BCUT2D eigenvalue weighted by atomic mass is 10.0. The Balaban J connectivity index is 1.62. The Kier molecular flexibility index (Phi) is 8.53. The lowest BCUT2D eigenvalue weighted by molar-refractivity contribution is -0.129. The Morgan fingerprint density at radius 3 is 2.35 bits per heavy atom. The number of likely N-dealkylation sites (tertiary alicyclic amines) is 1. The summed E-state index contributed by atoms with van der Waals surface area (Å²) in [6, 6.07) is 17.8. The van der Waals surface area contributed by atoms with E-state index in [-0.39, 0.29) is 18.3 Å². The molecule has 7 heteroatoms. The third-order valence-electron chi connectivity index (χ3n) is 5.27. The molecule has 0 aromatic heterocycles. The molecule has 1 aliphatic rings. The lowest BCUT2D eigenvalue weighted by Gasteiger charge is -2.26. The van der Waals surface area contributed by atoms with E-state index in [2.05, 4.69) is 5.32 Å². The van der Waals surface area contributed by atoms with Gasteiger partial charge in [-0.1, -0.05) is 60.7 Å². The molecule has 0 unspecified atom stereocenters. The van der Waals surface area contributed by atoms with Gasteiger partial charge in [0.05, 0.1) is 11.8 Å². The Morgan fingerprint density at radius 1 is 1.06 bits per heavy atom. The number of amides is 2. The van der Waals surface area contributed by atoms with Crippen molar-refractivity contribution in [2.24, 2.45) is 0 Å². The fraction of sp³-hybridized carbons (Fsp3) is 0.375. The second-order valence-corrected chi connectivity index (χ2v) is 8.41. The molecule has 0 spiro atoms. The molecule has 0 aliphatic carbocycles. The maximum atomic E-state index is 13.0. The highest BCUT2D eigenvalue weighted by atomic mass is 32.2. The van der Waals surface area contributed by atoms with Crippen molar-refractivity contribution in [3.05, 3.63) is 71.8 Å². The molecular weight excluding hydrogens is 412 g/mol. The zero-order valence-electron chi connectivity index (χ0n) is 17.7. The van der Waals surface area contributed by atoms with Crippen LogP contribution in [0, 0.1) is 0 Å². The number of hydrogen-bond acceptors (Lipinski definition) is 5. The molecule has 2 aromatic carbocycles. The molecule has 6 nitrogen and oxygen atoms in total. The second kappa shape index (κ2) is 11.6. The van der Waals surface area contributed by atoms with Gasteiger partial charge in [0.15, 0.2) is 5.78 Å². The third kappa shape index (κ3) is 6.59. The predicted octanol–water partition coefficient (Wildman–Crippen LogP) is 3.45. The SMILES string of the molecule is CSCC(=O)[C@H](Cc1ccccc1)NC(=O)[C@@H]1CCCN1C(=O)OCc1ccccc1. The predicted molar refractivity (Wildman–Crippen MR) is 122 cm³/mol. The molecule has 2 aromatic rings. The Hall–Kier alpha value is -2.80. The number of ketones is 1. The van der Waals surface area contributed by atoms with Gasteiger partial charge in [-0.3, -0.25) is 14.5 Å². The monoisotopic (exact) mass is 440 g/mol. The van der Waals surface area contributed by atoms with Crippen molar-refractivity contribution in [3.63, 3.8) is 0 Å². The van der Waals surface area contributed by atoms with Gasteiger partial charge in [-0.2, -0.15) is 11.8 Å². The van der Waals surface area contributed by atoms with Crippen LogP contribution in [0.4, 0.5) is 4.79 Å². The van der Waals surface area contributed by atoms with Gasteiger partial charge in [0.1, 0.15) is 12.6 Å². The van der Waals surface area contributed by atoms with E-state index in [1.54, 1.807) is 0 Å². The number of rotatable bonds is 9. The van der Waals surface area contributed by atoms with Crippen molar-refractivity contribution < 1.29 is 19.1 Å². The van der Waals surface area contributed by atoms with E-state index in [9.17, 15) is 14.4 Å². The highest BCUT2D eigenvalue weighted by molar-refractivity contribution is 7.99. The third-order valence-corrected chi connectivity index (χ3v) is 5.84. The normalized spacial score (nSPS) is 16.5. The molecule has 1 fully saturated rings. The first-order valence-electron chi connectivity index (χ1n) is 10.4. The summed E-state index contributed by atoms with van der Waals surface area (Å²) in [5, 5.41) is 2.90. The summed E-state index contributed by atoms with van der Waals surface area (Å²) in [5.74, 6) is -0.00361. The highest BCUT2D eigenvalue weighted by Crippen LogP contribution is 2.20. The molecule has 3 rings (SSSR count). The van der Waals surface area contributed by atoms with Crippen molar-refractivity contribution in [2.75, 3.05) is 18.6 Å². The van der Waals surface area contributed by atoms with Crippen LogP contribution in [0.15, 0.2) is 60.7 Å². The van der Waals surface area contributed by atoms with E-state index in [1.165, 1.54) is 16.7 Å². The molecule has 164 valence electrons. The minimum Gasteiger partial charge on any atom is -0.445 e. The van der Waals surface area contributed by atoms with E-state index < -0.39 is 18.2 Å². The number of ether oxygens (including phenoxy) is 1. The van der Waals surface area contributed by atoms with E-state index in [1.807, 2.05) is 66.9 Å². The Labute approximate surface area is 187 Å². The van der Waals surface area contributed by atoms with Crippen LogP contribution in [0.5, 0.6) is 0 Å². The van der Waals surface area contributed by atoms with Crippen LogP contribution in [0.25, 0.3) is 0 Å². The molecule has 1 heterocycles. The minimum absolute atomic E-state index is 0.0269. The van der Waals surface area contributed by atoms with Crippen molar-refractivity contribution in [2.45, 2.75) is 38.0 Å². The summed E-state index contributed by atoms with van der Waals surface area (Å²) in [6.07, 6.45) is 3.07. The largest absolute Gasteiger partial charge is 0.445 e. The molecule has 31 heavy (non-hydrogen) atoms. The van der Waals surface area contributed by atoms with Crippen LogP contribution in [0.3, 0.4) is 0 Å². The second-order valence-electron chi connectivity index (χ2n) is 7.54. The van der Waals surface area contributed by atoms with Gasteiger partial charge >= 0.3 is 6.09 Å². The Bertz CT molecular complexity index is 876.